The van der Waals surface area contributed by atoms with Crippen molar-refractivity contribution >= 4 is 37.3 Å². The van der Waals surface area contributed by atoms with Crippen molar-refractivity contribution < 1.29 is 13.2 Å². The van der Waals surface area contributed by atoms with Crippen molar-refractivity contribution in [2.24, 2.45) is 5.73 Å². The molecule has 0 aliphatic heterocycles. The fourth-order valence-corrected chi connectivity index (χ4v) is 5.97. The molecule has 0 atom stereocenters. The Hall–Kier alpha value is 0.01000. The van der Waals surface area contributed by atoms with Gasteiger partial charge in [0, 0.05) is 18.0 Å². The third kappa shape index (κ3) is 5.01. The van der Waals surface area contributed by atoms with Crippen LogP contribution in [0.3, 0.4) is 0 Å². The van der Waals surface area contributed by atoms with E-state index in [1.165, 1.54) is 30.6 Å². The summed E-state index contributed by atoms with van der Waals surface area (Å²) < 4.78 is 33.3. The second kappa shape index (κ2) is 8.03. The Labute approximate surface area is 138 Å². The van der Waals surface area contributed by atoms with Gasteiger partial charge in [-0.25, -0.2) is 13.1 Å². The van der Waals surface area contributed by atoms with E-state index in [4.69, 9.17) is 10.5 Å². The van der Waals surface area contributed by atoms with Gasteiger partial charge in [-0.2, -0.15) is 0 Å². The summed E-state index contributed by atoms with van der Waals surface area (Å²) in [6, 6.07) is 1.61. The van der Waals surface area contributed by atoms with Crippen LogP contribution in [0.2, 0.25) is 0 Å². The minimum atomic E-state index is -3.51. The van der Waals surface area contributed by atoms with Gasteiger partial charge in [0.2, 0.25) is 10.0 Å². The lowest BCUT2D eigenvalue weighted by molar-refractivity contribution is 0.0321. The Morgan fingerprint density at radius 2 is 2.10 bits per heavy atom. The monoisotopic (exact) mass is 396 g/mol. The van der Waals surface area contributed by atoms with Crippen LogP contribution in [0.4, 0.5) is 0 Å². The van der Waals surface area contributed by atoms with Crippen molar-refractivity contribution in [3.8, 4) is 0 Å². The number of nitrogens with one attached hydrogen (secondary N) is 1. The normalized spacial score (nSPS) is 17.2. The lowest BCUT2D eigenvalue weighted by atomic mass is 9.98. The lowest BCUT2D eigenvalue weighted by Gasteiger charge is -2.21. The van der Waals surface area contributed by atoms with E-state index in [0.29, 0.717) is 29.6 Å². The van der Waals surface area contributed by atoms with E-state index in [0.717, 1.165) is 17.7 Å². The third-order valence-electron chi connectivity index (χ3n) is 3.50. The van der Waals surface area contributed by atoms with Crippen LogP contribution in [0.5, 0.6) is 0 Å². The zero-order chi connectivity index (χ0) is 15.3. The summed E-state index contributed by atoms with van der Waals surface area (Å²) in [6.07, 6.45) is 6.16. The summed E-state index contributed by atoms with van der Waals surface area (Å²) in [6.45, 7) is 1.04. The molecule has 3 N–H and O–H groups in total. The maximum absolute atomic E-state index is 12.2. The average Bonchev–Trinajstić information content (AvgIpc) is 2.87. The first-order chi connectivity index (χ1) is 10.0. The Kier molecular flexibility index (Phi) is 6.64. The van der Waals surface area contributed by atoms with Gasteiger partial charge in [0.15, 0.2) is 0 Å². The van der Waals surface area contributed by atoms with Crippen LogP contribution in [0.25, 0.3) is 0 Å². The highest BCUT2D eigenvalue weighted by Crippen LogP contribution is 2.31. The van der Waals surface area contributed by atoms with Crippen LogP contribution < -0.4 is 10.5 Å². The molecule has 1 heterocycles. The quantitative estimate of drug-likeness (QED) is 0.693. The summed E-state index contributed by atoms with van der Waals surface area (Å²) in [5.74, 6) is 0. The predicted octanol–water partition coefficient (Wildman–Crippen LogP) is 2.60. The molecular formula is C13H21BrN2O3S2. The Bertz CT molecular complexity index is 554. The van der Waals surface area contributed by atoms with Crippen molar-refractivity contribution in [1.29, 1.82) is 0 Å². The van der Waals surface area contributed by atoms with Gasteiger partial charge in [0.1, 0.15) is 4.90 Å². The molecule has 0 spiro atoms. The van der Waals surface area contributed by atoms with Gasteiger partial charge < -0.3 is 10.5 Å². The zero-order valence-electron chi connectivity index (χ0n) is 11.8. The van der Waals surface area contributed by atoms with E-state index in [1.807, 2.05) is 0 Å². The van der Waals surface area contributed by atoms with E-state index < -0.39 is 10.0 Å². The smallest absolute Gasteiger partial charge is 0.242 e. The number of ether oxygens (including phenoxy) is 1. The number of hydrogen-bond acceptors (Lipinski definition) is 5. The molecule has 1 fully saturated rings. The van der Waals surface area contributed by atoms with Gasteiger partial charge in [0.25, 0.3) is 0 Å². The molecule has 1 aliphatic carbocycles. The van der Waals surface area contributed by atoms with Crippen molar-refractivity contribution in [2.45, 2.75) is 49.6 Å². The van der Waals surface area contributed by atoms with Crippen LogP contribution >= 0.6 is 27.3 Å². The molecule has 0 bridgehead atoms. The molecule has 21 heavy (non-hydrogen) atoms. The van der Waals surface area contributed by atoms with Gasteiger partial charge in [-0.1, -0.05) is 19.3 Å². The molecule has 0 aromatic carbocycles. The molecule has 5 nitrogen and oxygen atoms in total. The summed E-state index contributed by atoms with van der Waals surface area (Å²) in [4.78, 5) is 1.09. The number of hydrogen-bond donors (Lipinski definition) is 2. The van der Waals surface area contributed by atoms with Crippen molar-refractivity contribution in [2.75, 3.05) is 13.2 Å². The largest absolute Gasteiger partial charge is 0.377 e. The summed E-state index contributed by atoms with van der Waals surface area (Å²) >= 11 is 4.62. The van der Waals surface area contributed by atoms with Crippen LogP contribution in [0.1, 0.15) is 37.0 Å². The minimum Gasteiger partial charge on any atom is -0.377 e. The molecule has 1 aliphatic rings. The average molecular weight is 397 g/mol. The number of sulfonamides is 1. The summed E-state index contributed by atoms with van der Waals surface area (Å²) in [7, 11) is -3.51. The molecule has 1 saturated carbocycles. The maximum Gasteiger partial charge on any atom is 0.242 e. The molecule has 0 unspecified atom stereocenters. The minimum absolute atomic E-state index is 0.255. The molecule has 120 valence electrons. The fraction of sp³-hybridized carbons (Fsp3) is 0.692. The maximum atomic E-state index is 12.2. The number of halogens is 1. The second-order valence-electron chi connectivity index (χ2n) is 5.08. The number of rotatable bonds is 7. The Morgan fingerprint density at radius 3 is 2.71 bits per heavy atom. The van der Waals surface area contributed by atoms with Crippen LogP contribution in [-0.4, -0.2) is 27.7 Å². The predicted molar refractivity (Wildman–Crippen MR) is 87.9 cm³/mol. The third-order valence-corrected chi connectivity index (χ3v) is 7.23. The van der Waals surface area contributed by atoms with E-state index in [-0.39, 0.29) is 4.90 Å². The SMILES string of the molecule is NCc1cc(S(=O)(=O)NCCOC2CCCCC2)c(Br)s1. The standard InChI is InChI=1S/C13H21BrN2O3S2/c14-13-12(8-11(9-15)20-13)21(17,18)16-6-7-19-10-4-2-1-3-5-10/h8,10,16H,1-7,9,15H2. The molecule has 0 saturated heterocycles. The molecular weight excluding hydrogens is 376 g/mol. The lowest BCUT2D eigenvalue weighted by Crippen LogP contribution is -2.29. The molecule has 1 aromatic heterocycles. The van der Waals surface area contributed by atoms with E-state index >= 15 is 0 Å². The first-order valence-electron chi connectivity index (χ1n) is 7.12. The van der Waals surface area contributed by atoms with Crippen molar-refractivity contribution in [3.05, 3.63) is 14.7 Å². The van der Waals surface area contributed by atoms with E-state index in [1.54, 1.807) is 6.07 Å². The van der Waals surface area contributed by atoms with Gasteiger partial charge in [-0.3, -0.25) is 0 Å². The highest BCUT2D eigenvalue weighted by Gasteiger charge is 2.20. The van der Waals surface area contributed by atoms with Crippen LogP contribution in [0.15, 0.2) is 14.7 Å². The molecule has 0 amide bonds. The van der Waals surface area contributed by atoms with Crippen molar-refractivity contribution in [3.63, 3.8) is 0 Å². The van der Waals surface area contributed by atoms with Gasteiger partial charge in [-0.05, 0) is 34.8 Å². The Balaban J connectivity index is 1.82. The Morgan fingerprint density at radius 1 is 1.38 bits per heavy atom. The van der Waals surface area contributed by atoms with Gasteiger partial charge in [-0.15, -0.1) is 11.3 Å². The highest BCUT2D eigenvalue weighted by molar-refractivity contribution is 9.11. The van der Waals surface area contributed by atoms with Gasteiger partial charge >= 0.3 is 0 Å². The number of nitrogens with two attached hydrogens (primary N) is 1. The van der Waals surface area contributed by atoms with Gasteiger partial charge in [0.05, 0.1) is 16.5 Å². The highest BCUT2D eigenvalue weighted by atomic mass is 79.9. The fourth-order valence-electron chi connectivity index (χ4n) is 2.39. The molecule has 2 rings (SSSR count). The first kappa shape index (κ1) is 17.4. The number of thiophene rings is 1. The van der Waals surface area contributed by atoms with Crippen LogP contribution in [-0.2, 0) is 21.3 Å². The summed E-state index contributed by atoms with van der Waals surface area (Å²) in [5.41, 5.74) is 5.53. The molecule has 1 aromatic rings. The first-order valence-corrected chi connectivity index (χ1v) is 10.2. The molecule has 0 radical (unpaired) electrons. The molecule has 8 heteroatoms. The van der Waals surface area contributed by atoms with Crippen LogP contribution in [0, 0.1) is 0 Å². The van der Waals surface area contributed by atoms with E-state index in [2.05, 4.69) is 20.7 Å². The van der Waals surface area contributed by atoms with Crippen molar-refractivity contribution in [1.82, 2.24) is 4.72 Å². The zero-order valence-corrected chi connectivity index (χ0v) is 15.0. The second-order valence-corrected chi connectivity index (χ2v) is 9.27. The summed E-state index contributed by atoms with van der Waals surface area (Å²) in [5, 5.41) is 0. The topological polar surface area (TPSA) is 81.4 Å². The van der Waals surface area contributed by atoms with E-state index in [9.17, 15) is 8.42 Å².